The summed E-state index contributed by atoms with van der Waals surface area (Å²) < 4.78 is 5.10. The number of benzene rings is 2. The van der Waals surface area contributed by atoms with Crippen LogP contribution in [0.2, 0.25) is 0 Å². The molecule has 0 radical (unpaired) electrons. The van der Waals surface area contributed by atoms with Gasteiger partial charge in [0.15, 0.2) is 5.82 Å². The van der Waals surface area contributed by atoms with Crippen LogP contribution in [0.15, 0.2) is 64.2 Å². The molecule has 1 amide bonds. The molecule has 2 N–H and O–H groups in total. The third kappa shape index (κ3) is 6.25. The molecular formula is C27H22N6O5S2. The van der Waals surface area contributed by atoms with E-state index in [0.29, 0.717) is 16.5 Å². The zero-order chi connectivity index (χ0) is 28.8. The molecule has 2 heterocycles. The number of carbonyl (C=O) groups excluding carboxylic acids is 2. The number of ether oxygens (including phenoxy) is 1. The SMILES string of the molecule is CCOC(=O)c1c(NC(=O)/C(C#N)=C\c2ccc(Sc3n[nH]c(-c4ccccc4)n3)c([N+](=O)[O-])c2)sc(C)c1C. The summed E-state index contributed by atoms with van der Waals surface area (Å²) in [6, 6.07) is 15.5. The number of hydrogen-bond acceptors (Lipinski definition) is 10. The Bertz CT molecular complexity index is 1670. The molecule has 0 spiro atoms. The number of aromatic amines is 1. The number of nitrogens with one attached hydrogen (secondary N) is 2. The Kier molecular flexibility index (Phi) is 8.73. The van der Waals surface area contributed by atoms with Crippen LogP contribution in [0.3, 0.4) is 0 Å². The van der Waals surface area contributed by atoms with Crippen LogP contribution < -0.4 is 5.32 Å². The van der Waals surface area contributed by atoms with Gasteiger partial charge in [0.2, 0.25) is 5.16 Å². The molecule has 202 valence electrons. The molecule has 0 saturated carbocycles. The maximum absolute atomic E-state index is 12.9. The van der Waals surface area contributed by atoms with Gasteiger partial charge in [-0.05, 0) is 55.8 Å². The minimum absolute atomic E-state index is 0.168. The number of nitro benzene ring substituents is 1. The molecule has 40 heavy (non-hydrogen) atoms. The zero-order valence-electron chi connectivity index (χ0n) is 21.5. The van der Waals surface area contributed by atoms with Crippen molar-refractivity contribution in [1.29, 1.82) is 5.26 Å². The van der Waals surface area contributed by atoms with Gasteiger partial charge >= 0.3 is 5.97 Å². The van der Waals surface area contributed by atoms with Crippen LogP contribution in [-0.4, -0.2) is 38.6 Å². The molecule has 0 atom stereocenters. The summed E-state index contributed by atoms with van der Waals surface area (Å²) in [6.07, 6.45) is 1.24. The van der Waals surface area contributed by atoms with Crippen LogP contribution in [0, 0.1) is 35.3 Å². The summed E-state index contributed by atoms with van der Waals surface area (Å²) in [5.74, 6) is -0.810. The Labute approximate surface area is 237 Å². The van der Waals surface area contributed by atoms with Gasteiger partial charge in [-0.25, -0.2) is 9.78 Å². The zero-order valence-corrected chi connectivity index (χ0v) is 23.2. The highest BCUT2D eigenvalue weighted by Crippen LogP contribution is 2.36. The van der Waals surface area contributed by atoms with E-state index in [2.05, 4.69) is 20.5 Å². The third-order valence-electron chi connectivity index (χ3n) is 5.66. The standard InChI is InChI=1S/C27H22N6O5S2/c1-4-38-26(35)22-15(2)16(3)39-25(22)30-24(34)19(14-28)12-17-10-11-21(20(13-17)33(36)37)40-27-29-23(31-32-27)18-8-6-5-7-9-18/h5-13H,4H2,1-3H3,(H,30,34)(H,29,31,32)/b19-12-. The number of nitrogens with zero attached hydrogens (tertiary/aromatic N) is 4. The van der Waals surface area contributed by atoms with E-state index in [1.54, 1.807) is 26.8 Å². The molecule has 2 aromatic heterocycles. The van der Waals surface area contributed by atoms with Gasteiger partial charge in [-0.15, -0.1) is 16.4 Å². The summed E-state index contributed by atoms with van der Waals surface area (Å²) in [6.45, 7) is 5.40. The average Bonchev–Trinajstić information content (AvgIpc) is 3.52. The average molecular weight is 575 g/mol. The number of amides is 1. The Balaban J connectivity index is 1.58. The summed E-state index contributed by atoms with van der Waals surface area (Å²) in [5, 5.41) is 31.6. The van der Waals surface area contributed by atoms with Crippen LogP contribution in [0.4, 0.5) is 10.7 Å². The molecule has 0 fully saturated rings. The van der Waals surface area contributed by atoms with Crippen LogP contribution in [0.25, 0.3) is 17.5 Å². The molecule has 11 nitrogen and oxygen atoms in total. The van der Waals surface area contributed by atoms with Gasteiger partial charge < -0.3 is 10.1 Å². The maximum atomic E-state index is 12.9. The number of esters is 1. The topological polar surface area (TPSA) is 164 Å². The van der Waals surface area contributed by atoms with Crippen molar-refractivity contribution in [1.82, 2.24) is 15.2 Å². The van der Waals surface area contributed by atoms with E-state index >= 15 is 0 Å². The molecule has 0 saturated heterocycles. The Morgan fingerprint density at radius 3 is 2.67 bits per heavy atom. The number of hydrogen-bond donors (Lipinski definition) is 2. The summed E-state index contributed by atoms with van der Waals surface area (Å²) in [7, 11) is 0. The minimum Gasteiger partial charge on any atom is -0.462 e. The fraction of sp³-hybridized carbons (Fsp3) is 0.148. The lowest BCUT2D eigenvalue weighted by Gasteiger charge is -2.07. The quantitative estimate of drug-likeness (QED) is 0.0810. The predicted octanol–water partition coefficient (Wildman–Crippen LogP) is 5.93. The van der Waals surface area contributed by atoms with E-state index in [1.165, 1.54) is 29.5 Å². The second-order valence-electron chi connectivity index (χ2n) is 8.25. The first-order chi connectivity index (χ1) is 19.2. The van der Waals surface area contributed by atoms with Crippen molar-refractivity contribution in [2.45, 2.75) is 30.8 Å². The normalized spacial score (nSPS) is 11.1. The van der Waals surface area contributed by atoms with E-state index in [4.69, 9.17) is 4.74 Å². The first-order valence-corrected chi connectivity index (χ1v) is 13.5. The molecule has 4 aromatic rings. The van der Waals surface area contributed by atoms with E-state index < -0.39 is 16.8 Å². The van der Waals surface area contributed by atoms with E-state index in [0.717, 1.165) is 22.2 Å². The maximum Gasteiger partial charge on any atom is 0.341 e. The molecule has 0 aliphatic rings. The van der Waals surface area contributed by atoms with Crippen LogP contribution in [0.5, 0.6) is 0 Å². The highest BCUT2D eigenvalue weighted by molar-refractivity contribution is 7.99. The first-order valence-electron chi connectivity index (χ1n) is 11.9. The second kappa shape index (κ2) is 12.4. The lowest BCUT2D eigenvalue weighted by atomic mass is 10.1. The highest BCUT2D eigenvalue weighted by atomic mass is 32.2. The summed E-state index contributed by atoms with van der Waals surface area (Å²) in [4.78, 5) is 42.2. The number of aromatic nitrogens is 3. The van der Waals surface area contributed by atoms with Gasteiger partial charge in [-0.2, -0.15) is 5.26 Å². The predicted molar refractivity (Wildman–Crippen MR) is 151 cm³/mol. The number of carbonyl (C=O) groups is 2. The van der Waals surface area contributed by atoms with E-state index in [1.807, 2.05) is 36.4 Å². The van der Waals surface area contributed by atoms with Gasteiger partial charge in [-0.3, -0.25) is 20.0 Å². The number of nitro groups is 1. The number of H-pyrrole nitrogens is 1. The van der Waals surface area contributed by atoms with Crippen molar-refractivity contribution in [2.24, 2.45) is 0 Å². The smallest absolute Gasteiger partial charge is 0.341 e. The Morgan fingerprint density at radius 2 is 2.00 bits per heavy atom. The van der Waals surface area contributed by atoms with Gasteiger partial charge in [0.1, 0.15) is 16.6 Å². The monoisotopic (exact) mass is 574 g/mol. The van der Waals surface area contributed by atoms with Gasteiger partial charge in [-0.1, -0.05) is 36.4 Å². The molecule has 2 aromatic carbocycles. The Hall–Kier alpha value is -4.80. The van der Waals surface area contributed by atoms with Crippen molar-refractivity contribution in [3.05, 3.63) is 85.8 Å². The first kappa shape index (κ1) is 28.2. The second-order valence-corrected chi connectivity index (χ2v) is 10.5. The molecule has 0 aliphatic heterocycles. The molecule has 0 unspecified atom stereocenters. The van der Waals surface area contributed by atoms with Crippen molar-refractivity contribution in [3.63, 3.8) is 0 Å². The van der Waals surface area contributed by atoms with Gasteiger partial charge in [0.05, 0.1) is 22.0 Å². The molecule has 0 bridgehead atoms. The van der Waals surface area contributed by atoms with E-state index in [-0.39, 0.29) is 38.9 Å². The molecule has 4 rings (SSSR count). The minimum atomic E-state index is -0.760. The van der Waals surface area contributed by atoms with Crippen LogP contribution in [0.1, 0.15) is 33.3 Å². The fourth-order valence-electron chi connectivity index (χ4n) is 3.62. The number of thiophene rings is 1. The van der Waals surface area contributed by atoms with Crippen molar-refractivity contribution >= 4 is 51.7 Å². The summed E-state index contributed by atoms with van der Waals surface area (Å²) >= 11 is 2.20. The molecule has 13 heteroatoms. The Morgan fingerprint density at radius 1 is 1.25 bits per heavy atom. The fourth-order valence-corrected chi connectivity index (χ4v) is 5.46. The lowest BCUT2D eigenvalue weighted by Crippen LogP contribution is -2.16. The van der Waals surface area contributed by atoms with Gasteiger partial charge in [0, 0.05) is 16.5 Å². The number of rotatable bonds is 9. The van der Waals surface area contributed by atoms with Crippen molar-refractivity contribution < 1.29 is 19.2 Å². The van der Waals surface area contributed by atoms with Crippen molar-refractivity contribution in [3.8, 4) is 17.5 Å². The summed E-state index contributed by atoms with van der Waals surface area (Å²) in [5.41, 5.74) is 1.46. The van der Waals surface area contributed by atoms with E-state index in [9.17, 15) is 25.0 Å². The number of anilines is 1. The molecular weight excluding hydrogens is 552 g/mol. The number of aryl methyl sites for hydroxylation is 1. The lowest BCUT2D eigenvalue weighted by molar-refractivity contribution is -0.387. The van der Waals surface area contributed by atoms with Crippen LogP contribution in [-0.2, 0) is 9.53 Å². The largest absolute Gasteiger partial charge is 0.462 e. The highest BCUT2D eigenvalue weighted by Gasteiger charge is 2.24. The van der Waals surface area contributed by atoms with Crippen LogP contribution >= 0.6 is 23.1 Å². The molecule has 0 aliphatic carbocycles. The van der Waals surface area contributed by atoms with Crippen molar-refractivity contribution in [2.75, 3.05) is 11.9 Å². The third-order valence-corrected chi connectivity index (χ3v) is 7.71. The van der Waals surface area contributed by atoms with Gasteiger partial charge in [0.25, 0.3) is 11.6 Å². The number of nitriles is 1.